The molecule has 5 heteroatoms. The monoisotopic (exact) mass is 454 g/mol. The Labute approximate surface area is 197 Å². The van der Waals surface area contributed by atoms with Gasteiger partial charge in [-0.2, -0.15) is 0 Å². The van der Waals surface area contributed by atoms with Crippen molar-refractivity contribution in [2.24, 2.45) is 0 Å². The average molecular weight is 455 g/mol. The first-order valence-corrected chi connectivity index (χ1v) is 13.1. The van der Waals surface area contributed by atoms with E-state index in [2.05, 4.69) is 19.1 Å². The molecule has 32 heavy (non-hydrogen) atoms. The zero-order valence-corrected chi connectivity index (χ0v) is 21.1. The van der Waals surface area contributed by atoms with Crippen LogP contribution >= 0.6 is 0 Å². The van der Waals surface area contributed by atoms with Crippen LogP contribution in [0.3, 0.4) is 0 Å². The summed E-state index contributed by atoms with van der Waals surface area (Å²) in [5.74, 6) is -1.50. The van der Waals surface area contributed by atoms with Gasteiger partial charge in [0.25, 0.3) is 0 Å². The first-order valence-electron chi connectivity index (χ1n) is 13.1. The van der Waals surface area contributed by atoms with E-state index in [1.165, 1.54) is 77.0 Å². The summed E-state index contributed by atoms with van der Waals surface area (Å²) in [5.41, 5.74) is 0. The van der Waals surface area contributed by atoms with Gasteiger partial charge in [-0.15, -0.1) is 0 Å². The molecule has 0 fully saturated rings. The summed E-state index contributed by atoms with van der Waals surface area (Å²) in [5, 5.41) is 8.79. The summed E-state index contributed by atoms with van der Waals surface area (Å²) >= 11 is 0. The van der Waals surface area contributed by atoms with Gasteiger partial charge in [-0.1, -0.05) is 76.9 Å². The predicted molar refractivity (Wildman–Crippen MR) is 132 cm³/mol. The third kappa shape index (κ3) is 22.0. The SMILES string of the molecule is CCCCCCCC/C=C\CCCCCCCCOCCC(OC(C)C)C(=O)CC(=O)O. The van der Waals surface area contributed by atoms with Gasteiger partial charge in [0.05, 0.1) is 6.10 Å². The van der Waals surface area contributed by atoms with E-state index < -0.39 is 18.5 Å². The van der Waals surface area contributed by atoms with E-state index in [1.54, 1.807) is 0 Å². The molecule has 0 rings (SSSR count). The van der Waals surface area contributed by atoms with Crippen molar-refractivity contribution >= 4 is 11.8 Å². The van der Waals surface area contributed by atoms with Crippen LogP contribution in [-0.2, 0) is 19.1 Å². The fourth-order valence-electron chi connectivity index (χ4n) is 3.64. The lowest BCUT2D eigenvalue weighted by Gasteiger charge is -2.18. The summed E-state index contributed by atoms with van der Waals surface area (Å²) < 4.78 is 11.2. The number of carboxylic acids is 1. The van der Waals surface area contributed by atoms with Crippen LogP contribution in [0.25, 0.3) is 0 Å². The topological polar surface area (TPSA) is 72.8 Å². The number of allylic oxidation sites excluding steroid dienone is 2. The molecule has 0 saturated carbocycles. The molecule has 0 aliphatic heterocycles. The molecule has 0 spiro atoms. The number of rotatable bonds is 24. The molecule has 188 valence electrons. The van der Waals surface area contributed by atoms with Crippen molar-refractivity contribution in [3.05, 3.63) is 12.2 Å². The van der Waals surface area contributed by atoms with Crippen LogP contribution in [-0.4, -0.2) is 42.3 Å². The summed E-state index contributed by atoms with van der Waals surface area (Å²) in [6, 6.07) is 0. The zero-order chi connectivity index (χ0) is 23.9. The molecule has 0 aromatic rings. The number of carbonyl (C=O) groups excluding carboxylic acids is 1. The summed E-state index contributed by atoms with van der Waals surface area (Å²) in [6.45, 7) is 7.05. The molecule has 0 aliphatic carbocycles. The fraction of sp³-hybridized carbons (Fsp3) is 0.852. The molecule has 0 bridgehead atoms. The second-order valence-corrected chi connectivity index (χ2v) is 9.05. The highest BCUT2D eigenvalue weighted by molar-refractivity contribution is 5.97. The van der Waals surface area contributed by atoms with Gasteiger partial charge >= 0.3 is 5.97 Å². The minimum absolute atomic E-state index is 0.117. The summed E-state index contributed by atoms with van der Waals surface area (Å²) in [4.78, 5) is 22.7. The van der Waals surface area contributed by atoms with Gasteiger partial charge in [-0.25, -0.2) is 0 Å². The smallest absolute Gasteiger partial charge is 0.310 e. The Morgan fingerprint density at radius 2 is 1.31 bits per heavy atom. The van der Waals surface area contributed by atoms with Crippen LogP contribution in [0.15, 0.2) is 12.2 Å². The third-order valence-corrected chi connectivity index (χ3v) is 5.45. The van der Waals surface area contributed by atoms with Crippen LogP contribution < -0.4 is 0 Å². The Hall–Kier alpha value is -1.20. The Kier molecular flexibility index (Phi) is 22.1. The van der Waals surface area contributed by atoms with Gasteiger partial charge in [0, 0.05) is 19.6 Å². The van der Waals surface area contributed by atoms with E-state index in [4.69, 9.17) is 14.6 Å². The Bertz CT molecular complexity index is 473. The predicted octanol–water partition coefficient (Wildman–Crippen LogP) is 7.27. The molecular weight excluding hydrogens is 404 g/mol. The molecule has 1 N–H and O–H groups in total. The number of unbranched alkanes of at least 4 members (excludes halogenated alkanes) is 12. The molecular formula is C27H50O5. The molecule has 0 aromatic carbocycles. The van der Waals surface area contributed by atoms with Crippen molar-refractivity contribution in [2.75, 3.05) is 13.2 Å². The molecule has 0 radical (unpaired) electrons. The largest absolute Gasteiger partial charge is 0.481 e. The van der Waals surface area contributed by atoms with Crippen molar-refractivity contribution in [3.8, 4) is 0 Å². The standard InChI is InChI=1S/C27H50O5/c1-4-5-6-7-8-9-10-11-12-13-14-15-16-17-18-19-21-31-22-20-26(32-24(2)3)25(28)23-27(29)30/h11-12,24,26H,4-10,13-23H2,1-3H3,(H,29,30)/b12-11-. The van der Waals surface area contributed by atoms with Crippen LogP contribution in [0, 0.1) is 0 Å². The van der Waals surface area contributed by atoms with Crippen LogP contribution in [0.1, 0.15) is 124 Å². The van der Waals surface area contributed by atoms with E-state index in [-0.39, 0.29) is 11.9 Å². The van der Waals surface area contributed by atoms with E-state index in [1.807, 2.05) is 13.8 Å². The van der Waals surface area contributed by atoms with E-state index in [0.717, 1.165) is 12.8 Å². The lowest BCUT2D eigenvalue weighted by molar-refractivity contribution is -0.145. The maximum Gasteiger partial charge on any atom is 0.310 e. The number of hydrogen-bond acceptors (Lipinski definition) is 4. The number of ketones is 1. The van der Waals surface area contributed by atoms with Crippen LogP contribution in [0.5, 0.6) is 0 Å². The molecule has 5 nitrogen and oxygen atoms in total. The molecule has 0 saturated heterocycles. The number of carboxylic acid groups (broad SMARTS) is 1. The van der Waals surface area contributed by atoms with Crippen molar-refractivity contribution in [3.63, 3.8) is 0 Å². The molecule has 1 atom stereocenters. The maximum atomic E-state index is 11.9. The normalized spacial score (nSPS) is 12.6. The average Bonchev–Trinajstić information content (AvgIpc) is 2.73. The Morgan fingerprint density at radius 1 is 0.781 bits per heavy atom. The van der Waals surface area contributed by atoms with E-state index in [0.29, 0.717) is 19.6 Å². The first kappa shape index (κ1) is 30.8. The Balaban J connectivity index is 3.49. The second kappa shape index (κ2) is 23.0. The van der Waals surface area contributed by atoms with Gasteiger partial charge in [0.2, 0.25) is 0 Å². The number of carbonyl (C=O) groups is 2. The number of hydrogen-bond donors (Lipinski definition) is 1. The lowest BCUT2D eigenvalue weighted by Crippen LogP contribution is -2.30. The highest BCUT2D eigenvalue weighted by Crippen LogP contribution is 2.11. The van der Waals surface area contributed by atoms with Gasteiger partial charge in [0.1, 0.15) is 12.5 Å². The molecule has 0 aliphatic rings. The highest BCUT2D eigenvalue weighted by atomic mass is 16.5. The summed E-state index contributed by atoms with van der Waals surface area (Å²) in [7, 11) is 0. The zero-order valence-electron chi connectivity index (χ0n) is 21.1. The fourth-order valence-corrected chi connectivity index (χ4v) is 3.64. The van der Waals surface area contributed by atoms with Gasteiger partial charge < -0.3 is 14.6 Å². The van der Waals surface area contributed by atoms with Crippen LogP contribution in [0.2, 0.25) is 0 Å². The minimum atomic E-state index is -1.11. The third-order valence-electron chi connectivity index (χ3n) is 5.45. The van der Waals surface area contributed by atoms with Crippen molar-refractivity contribution in [1.29, 1.82) is 0 Å². The molecule has 0 heterocycles. The maximum absolute atomic E-state index is 11.9. The number of ether oxygens (including phenoxy) is 2. The van der Waals surface area contributed by atoms with Gasteiger partial charge in [0.15, 0.2) is 5.78 Å². The van der Waals surface area contributed by atoms with Gasteiger partial charge in [-0.05, 0) is 46.0 Å². The number of Topliss-reactive ketones (excluding diaryl/α,β-unsaturated/α-hetero) is 1. The highest BCUT2D eigenvalue weighted by Gasteiger charge is 2.22. The first-order chi connectivity index (χ1) is 15.5. The molecule has 1 unspecified atom stereocenters. The van der Waals surface area contributed by atoms with Crippen LogP contribution in [0.4, 0.5) is 0 Å². The Morgan fingerprint density at radius 3 is 1.84 bits per heavy atom. The van der Waals surface area contributed by atoms with E-state index >= 15 is 0 Å². The number of aliphatic carboxylic acids is 1. The summed E-state index contributed by atoms with van der Waals surface area (Å²) in [6.07, 6.45) is 21.8. The van der Waals surface area contributed by atoms with Crippen molar-refractivity contribution in [2.45, 2.75) is 136 Å². The minimum Gasteiger partial charge on any atom is -0.481 e. The van der Waals surface area contributed by atoms with Gasteiger partial charge in [-0.3, -0.25) is 9.59 Å². The second-order valence-electron chi connectivity index (χ2n) is 9.05. The van der Waals surface area contributed by atoms with Crippen molar-refractivity contribution < 1.29 is 24.2 Å². The van der Waals surface area contributed by atoms with E-state index in [9.17, 15) is 9.59 Å². The van der Waals surface area contributed by atoms with Crippen molar-refractivity contribution in [1.82, 2.24) is 0 Å². The molecule has 0 aromatic heterocycles. The quantitative estimate of drug-likeness (QED) is 0.0943. The lowest BCUT2D eigenvalue weighted by atomic mass is 10.1. The molecule has 0 amide bonds.